The number of carbonyl (C=O) groups excluding carboxylic acids is 1. The van der Waals surface area contributed by atoms with E-state index >= 15 is 0 Å². The Kier molecular flexibility index (Phi) is 7.17. The number of nitrogens with zero attached hydrogens (tertiary/aromatic N) is 2. The predicted molar refractivity (Wildman–Crippen MR) is 95.9 cm³/mol. The van der Waals surface area contributed by atoms with Gasteiger partial charge in [-0.05, 0) is 39.5 Å². The third-order valence-electron chi connectivity index (χ3n) is 3.74. The second kappa shape index (κ2) is 9.13. The van der Waals surface area contributed by atoms with Crippen LogP contribution in [0, 0.1) is 0 Å². The van der Waals surface area contributed by atoms with Crippen LogP contribution in [0.5, 0.6) is 0 Å². The number of rotatable bonds is 3. The maximum Gasteiger partial charge on any atom is 0.233 e. The van der Waals surface area contributed by atoms with Gasteiger partial charge in [0, 0.05) is 31.9 Å². The van der Waals surface area contributed by atoms with Gasteiger partial charge in [0.15, 0.2) is 5.16 Å². The van der Waals surface area contributed by atoms with E-state index in [-0.39, 0.29) is 5.91 Å². The number of nitrogens with one attached hydrogen (secondary N) is 2. The monoisotopic (exact) mass is 336 g/mol. The van der Waals surface area contributed by atoms with Crippen molar-refractivity contribution < 1.29 is 4.79 Å². The first kappa shape index (κ1) is 18.1. The highest BCUT2D eigenvalue weighted by atomic mass is 32.2. The van der Waals surface area contributed by atoms with E-state index in [0.29, 0.717) is 5.75 Å². The summed E-state index contributed by atoms with van der Waals surface area (Å²) in [6.45, 7) is 11.0. The maximum atomic E-state index is 12.1. The minimum Gasteiger partial charge on any atom is -0.339 e. The highest BCUT2D eigenvalue weighted by molar-refractivity contribution is 7.99. The van der Waals surface area contributed by atoms with Crippen LogP contribution < -0.4 is 5.32 Å². The van der Waals surface area contributed by atoms with Crippen LogP contribution in [0.4, 0.5) is 0 Å². The Morgan fingerprint density at radius 2 is 1.91 bits per heavy atom. The molecule has 1 aromatic heterocycles. The number of imidazole rings is 1. The number of aromatic amines is 1. The summed E-state index contributed by atoms with van der Waals surface area (Å²) in [6.07, 6.45) is 4.67. The van der Waals surface area contributed by atoms with Crippen LogP contribution in [-0.2, 0) is 17.6 Å². The van der Waals surface area contributed by atoms with E-state index in [4.69, 9.17) is 0 Å². The van der Waals surface area contributed by atoms with Crippen LogP contribution in [0.15, 0.2) is 17.3 Å². The van der Waals surface area contributed by atoms with Crippen LogP contribution >= 0.6 is 11.8 Å². The van der Waals surface area contributed by atoms with Crippen LogP contribution in [0.1, 0.15) is 38.1 Å². The average molecular weight is 337 g/mol. The summed E-state index contributed by atoms with van der Waals surface area (Å²) in [4.78, 5) is 21.9. The Balaban J connectivity index is 0.000000433. The second-order valence-electron chi connectivity index (χ2n) is 6.30. The van der Waals surface area contributed by atoms with E-state index in [0.717, 1.165) is 44.2 Å². The summed E-state index contributed by atoms with van der Waals surface area (Å²) in [7, 11) is 0. The molecule has 5 nitrogen and oxygen atoms in total. The van der Waals surface area contributed by atoms with Gasteiger partial charge in [0.1, 0.15) is 0 Å². The van der Waals surface area contributed by atoms with Crippen LogP contribution in [0.25, 0.3) is 0 Å². The minimum absolute atomic E-state index is 0.223. The van der Waals surface area contributed by atoms with Crippen molar-refractivity contribution in [3.05, 3.63) is 23.5 Å². The van der Waals surface area contributed by atoms with Crippen molar-refractivity contribution in [1.29, 1.82) is 0 Å². The van der Waals surface area contributed by atoms with E-state index < -0.39 is 0 Å². The quantitative estimate of drug-likeness (QED) is 0.657. The SMILES string of the molecule is C=C(C)C.O=C(CSc1nc2c([nH]1)CCCC2)N1CCNCC1. The van der Waals surface area contributed by atoms with Gasteiger partial charge in [-0.2, -0.15) is 0 Å². The summed E-state index contributed by atoms with van der Waals surface area (Å²) in [5.74, 6) is 0.715. The van der Waals surface area contributed by atoms with Gasteiger partial charge < -0.3 is 15.2 Å². The molecule has 3 rings (SSSR count). The largest absolute Gasteiger partial charge is 0.339 e. The molecule has 2 N–H and O–H groups in total. The number of thioether (sulfide) groups is 1. The lowest BCUT2D eigenvalue weighted by Crippen LogP contribution is -2.47. The van der Waals surface area contributed by atoms with Crippen LogP contribution in [0.3, 0.4) is 0 Å². The van der Waals surface area contributed by atoms with E-state index in [1.165, 1.54) is 41.6 Å². The van der Waals surface area contributed by atoms with E-state index in [1.807, 2.05) is 18.7 Å². The fourth-order valence-electron chi connectivity index (χ4n) is 2.63. The van der Waals surface area contributed by atoms with Crippen molar-refractivity contribution in [3.63, 3.8) is 0 Å². The second-order valence-corrected chi connectivity index (χ2v) is 7.26. The fourth-order valence-corrected chi connectivity index (χ4v) is 3.44. The van der Waals surface area contributed by atoms with Gasteiger partial charge >= 0.3 is 0 Å². The predicted octanol–water partition coefficient (Wildman–Crippen LogP) is 2.39. The average Bonchev–Trinajstić information content (AvgIpc) is 2.96. The van der Waals surface area contributed by atoms with Crippen molar-refractivity contribution in [2.45, 2.75) is 44.7 Å². The Morgan fingerprint density at radius 1 is 1.26 bits per heavy atom. The smallest absolute Gasteiger partial charge is 0.233 e. The Labute approximate surface area is 143 Å². The lowest BCUT2D eigenvalue weighted by Gasteiger charge is -2.27. The minimum atomic E-state index is 0.223. The molecular weight excluding hydrogens is 308 g/mol. The number of aromatic nitrogens is 2. The van der Waals surface area contributed by atoms with Crippen molar-refractivity contribution in [3.8, 4) is 0 Å². The summed E-state index contributed by atoms with van der Waals surface area (Å²) in [5.41, 5.74) is 3.66. The molecule has 1 aromatic rings. The number of hydrogen-bond acceptors (Lipinski definition) is 4. The molecule has 0 aromatic carbocycles. The lowest BCUT2D eigenvalue weighted by molar-refractivity contribution is -0.128. The lowest BCUT2D eigenvalue weighted by atomic mass is 10.0. The van der Waals surface area contributed by atoms with Crippen molar-refractivity contribution in [2.75, 3.05) is 31.9 Å². The molecule has 1 aliphatic carbocycles. The van der Waals surface area contributed by atoms with Crippen LogP contribution in [0.2, 0.25) is 0 Å². The van der Waals surface area contributed by atoms with E-state index in [1.54, 1.807) is 0 Å². The van der Waals surface area contributed by atoms with Gasteiger partial charge in [-0.3, -0.25) is 4.79 Å². The van der Waals surface area contributed by atoms with Crippen LogP contribution in [-0.4, -0.2) is 52.7 Å². The van der Waals surface area contributed by atoms with Gasteiger partial charge in [-0.25, -0.2) is 4.98 Å². The number of allylic oxidation sites excluding steroid dienone is 1. The molecule has 23 heavy (non-hydrogen) atoms. The molecule has 0 spiro atoms. The van der Waals surface area contributed by atoms with E-state index in [2.05, 4.69) is 21.9 Å². The third-order valence-corrected chi connectivity index (χ3v) is 4.59. The summed E-state index contributed by atoms with van der Waals surface area (Å²) < 4.78 is 0. The first-order chi connectivity index (χ1) is 11.1. The zero-order valence-electron chi connectivity index (χ0n) is 14.3. The summed E-state index contributed by atoms with van der Waals surface area (Å²) >= 11 is 1.54. The molecule has 1 fully saturated rings. The molecule has 6 heteroatoms. The van der Waals surface area contributed by atoms with Crippen molar-refractivity contribution in [2.24, 2.45) is 0 Å². The number of hydrogen-bond donors (Lipinski definition) is 2. The highest BCUT2D eigenvalue weighted by Gasteiger charge is 2.18. The standard InChI is InChI=1S/C13H20N4OS.C4H8/c18-12(17-7-5-14-6-8-17)9-19-13-15-10-3-1-2-4-11(10)16-13;1-4(2)3/h14H,1-9H2,(H,15,16);1H2,2-3H3. The first-order valence-electron chi connectivity index (χ1n) is 8.37. The first-order valence-corrected chi connectivity index (χ1v) is 9.36. The fraction of sp³-hybridized carbons (Fsp3) is 0.647. The Morgan fingerprint density at radius 3 is 2.57 bits per heavy atom. The molecule has 0 atom stereocenters. The molecule has 1 saturated heterocycles. The Hall–Kier alpha value is -1.27. The number of fused-ring (bicyclic) bond motifs is 1. The molecule has 0 saturated carbocycles. The zero-order valence-corrected chi connectivity index (χ0v) is 15.1. The molecule has 0 radical (unpaired) electrons. The molecule has 128 valence electrons. The molecular formula is C17H28N4OS. The molecule has 0 bridgehead atoms. The summed E-state index contributed by atoms with van der Waals surface area (Å²) in [5, 5.41) is 4.17. The molecule has 1 aliphatic heterocycles. The molecule has 1 amide bonds. The number of H-pyrrole nitrogens is 1. The van der Waals surface area contributed by atoms with Gasteiger partial charge in [0.05, 0.1) is 11.4 Å². The molecule has 2 aliphatic rings. The maximum absolute atomic E-state index is 12.1. The van der Waals surface area contributed by atoms with Gasteiger partial charge in [0.25, 0.3) is 0 Å². The van der Waals surface area contributed by atoms with Crippen molar-refractivity contribution >= 4 is 17.7 Å². The highest BCUT2D eigenvalue weighted by Crippen LogP contribution is 2.23. The van der Waals surface area contributed by atoms with Crippen molar-refractivity contribution in [1.82, 2.24) is 20.2 Å². The third kappa shape index (κ3) is 6.03. The topological polar surface area (TPSA) is 61.0 Å². The number of carbonyl (C=O) groups is 1. The van der Waals surface area contributed by atoms with Gasteiger partial charge in [-0.15, -0.1) is 6.58 Å². The normalized spacial score (nSPS) is 17.0. The number of amides is 1. The molecule has 2 heterocycles. The van der Waals surface area contributed by atoms with E-state index in [9.17, 15) is 4.79 Å². The molecule has 0 unspecified atom stereocenters. The Bertz CT molecular complexity index is 507. The number of aryl methyl sites for hydroxylation is 2. The summed E-state index contributed by atoms with van der Waals surface area (Å²) in [6, 6.07) is 0. The number of piperazine rings is 1. The zero-order chi connectivity index (χ0) is 16.7. The van der Waals surface area contributed by atoms with Gasteiger partial charge in [0.2, 0.25) is 5.91 Å². The van der Waals surface area contributed by atoms with Gasteiger partial charge in [-0.1, -0.05) is 17.3 Å².